The lowest BCUT2D eigenvalue weighted by Crippen LogP contribution is -1.99. The van der Waals surface area contributed by atoms with Crippen molar-refractivity contribution in [2.24, 2.45) is 0 Å². The molecule has 0 aliphatic rings. The monoisotopic (exact) mass is 724 g/mol. The van der Waals surface area contributed by atoms with Gasteiger partial charge in [0.25, 0.3) is 0 Å². The highest BCUT2D eigenvalue weighted by molar-refractivity contribution is 6.16. The Kier molecular flexibility index (Phi) is 6.95. The van der Waals surface area contributed by atoms with Gasteiger partial charge in [-0.05, 0) is 102 Å². The molecule has 0 fully saturated rings. The van der Waals surface area contributed by atoms with Gasteiger partial charge in [0.2, 0.25) is 0 Å². The molecule has 0 saturated carbocycles. The summed E-state index contributed by atoms with van der Waals surface area (Å²) < 4.78 is 6.77. The summed E-state index contributed by atoms with van der Waals surface area (Å²) in [6.07, 6.45) is 0. The van der Waals surface area contributed by atoms with Gasteiger partial charge < -0.3 is 13.7 Å². The SMILES string of the molecule is N#Cc1cc(-c2cc(C#N)cc(-n3c4ccccc4c4c(-n5c6ccccc6c6ccccc65)cccc43)c2)cc(-n2c3ccccc3c3cc(C#N)ccc32)c1. The molecular weight excluding hydrogens is 697 g/mol. The van der Waals surface area contributed by atoms with E-state index in [1.165, 1.54) is 10.8 Å². The Morgan fingerprint density at radius 3 is 1.32 bits per heavy atom. The standard InChI is InChI=1S/C51H28N6/c52-29-32-20-21-48-43(26-32)41-12-3-5-14-44(41)55(48)37-24-33(30-53)22-35(27-37)36-23-34(31-54)25-38(28-36)56-47-17-8-4-13-42(47)51-49(56)18-9-19-50(51)57-45-15-6-1-10-39(45)40-11-2-7-16-46(40)57/h1-28H. The van der Waals surface area contributed by atoms with Crippen molar-refractivity contribution < 1.29 is 0 Å². The molecule has 0 spiro atoms. The van der Waals surface area contributed by atoms with Crippen LogP contribution >= 0.6 is 0 Å². The second kappa shape index (κ2) is 12.3. The second-order valence-electron chi connectivity index (χ2n) is 14.4. The number of fused-ring (bicyclic) bond motifs is 9. The first-order valence-corrected chi connectivity index (χ1v) is 18.7. The van der Waals surface area contributed by atoms with E-state index in [1.807, 2.05) is 54.6 Å². The van der Waals surface area contributed by atoms with Crippen molar-refractivity contribution in [3.8, 4) is 46.4 Å². The van der Waals surface area contributed by atoms with Crippen LogP contribution in [-0.4, -0.2) is 13.7 Å². The van der Waals surface area contributed by atoms with Gasteiger partial charge in [-0.15, -0.1) is 0 Å². The van der Waals surface area contributed by atoms with Crippen LogP contribution in [0.15, 0.2) is 170 Å². The fourth-order valence-corrected chi connectivity index (χ4v) is 8.91. The van der Waals surface area contributed by atoms with Crippen molar-refractivity contribution in [1.82, 2.24) is 13.7 Å². The summed E-state index contributed by atoms with van der Waals surface area (Å²) in [5, 5.41) is 37.1. The Balaban J connectivity index is 1.16. The van der Waals surface area contributed by atoms with Crippen molar-refractivity contribution in [2.45, 2.75) is 0 Å². The zero-order chi connectivity index (χ0) is 38.2. The minimum absolute atomic E-state index is 0.499. The minimum atomic E-state index is 0.499. The van der Waals surface area contributed by atoms with E-state index in [0.717, 1.165) is 82.8 Å². The molecule has 11 rings (SSSR count). The smallest absolute Gasteiger partial charge is 0.0992 e. The Hall–Kier alpha value is -8.37. The van der Waals surface area contributed by atoms with Crippen LogP contribution in [0.5, 0.6) is 0 Å². The predicted molar refractivity (Wildman–Crippen MR) is 229 cm³/mol. The number of hydrogen-bond donors (Lipinski definition) is 0. The fourth-order valence-electron chi connectivity index (χ4n) is 8.91. The fraction of sp³-hybridized carbons (Fsp3) is 0. The van der Waals surface area contributed by atoms with E-state index in [1.54, 1.807) is 0 Å². The zero-order valence-electron chi connectivity index (χ0n) is 30.3. The number of para-hydroxylation sites is 4. The van der Waals surface area contributed by atoms with Crippen LogP contribution in [0.2, 0.25) is 0 Å². The lowest BCUT2D eigenvalue weighted by atomic mass is 9.99. The Morgan fingerprint density at radius 1 is 0.316 bits per heavy atom. The third-order valence-corrected chi connectivity index (χ3v) is 11.2. The molecule has 57 heavy (non-hydrogen) atoms. The van der Waals surface area contributed by atoms with Crippen LogP contribution < -0.4 is 0 Å². The van der Waals surface area contributed by atoms with Gasteiger partial charge in [0.15, 0.2) is 0 Å². The molecule has 11 aromatic rings. The number of aromatic nitrogens is 3. The molecule has 6 heteroatoms. The van der Waals surface area contributed by atoms with Crippen molar-refractivity contribution in [3.63, 3.8) is 0 Å². The van der Waals surface area contributed by atoms with Gasteiger partial charge in [0.05, 0.1) is 73.7 Å². The zero-order valence-corrected chi connectivity index (χ0v) is 30.3. The summed E-state index contributed by atoms with van der Waals surface area (Å²) in [6.45, 7) is 0. The number of nitriles is 3. The molecule has 3 aromatic heterocycles. The molecule has 8 aromatic carbocycles. The molecule has 0 atom stereocenters. The molecule has 0 bridgehead atoms. The number of rotatable bonds is 4. The van der Waals surface area contributed by atoms with Gasteiger partial charge in [-0.1, -0.05) is 78.9 Å². The van der Waals surface area contributed by atoms with Gasteiger partial charge in [-0.2, -0.15) is 15.8 Å². The van der Waals surface area contributed by atoms with Crippen molar-refractivity contribution in [1.29, 1.82) is 15.8 Å². The summed E-state index contributed by atoms with van der Waals surface area (Å²) in [6, 6.07) is 64.7. The summed E-state index contributed by atoms with van der Waals surface area (Å²) in [5.74, 6) is 0. The molecule has 262 valence electrons. The van der Waals surface area contributed by atoms with E-state index in [2.05, 4.69) is 147 Å². The van der Waals surface area contributed by atoms with Gasteiger partial charge in [-0.3, -0.25) is 0 Å². The third-order valence-electron chi connectivity index (χ3n) is 11.2. The van der Waals surface area contributed by atoms with Crippen LogP contribution in [0, 0.1) is 34.0 Å². The quantitative estimate of drug-likeness (QED) is 0.181. The topological polar surface area (TPSA) is 86.2 Å². The summed E-state index contributed by atoms with van der Waals surface area (Å²) in [4.78, 5) is 0. The molecule has 0 saturated heterocycles. The number of hydrogen-bond acceptors (Lipinski definition) is 3. The van der Waals surface area contributed by atoms with E-state index >= 15 is 0 Å². The Morgan fingerprint density at radius 2 is 0.754 bits per heavy atom. The average Bonchev–Trinajstić information content (AvgIpc) is 3.91. The molecule has 6 nitrogen and oxygen atoms in total. The predicted octanol–water partition coefficient (Wildman–Crippen LogP) is 12.3. The van der Waals surface area contributed by atoms with Gasteiger partial charge in [0, 0.05) is 43.7 Å². The van der Waals surface area contributed by atoms with E-state index in [4.69, 9.17) is 0 Å². The third kappa shape index (κ3) is 4.74. The van der Waals surface area contributed by atoms with E-state index in [9.17, 15) is 15.8 Å². The molecule has 3 heterocycles. The molecule has 0 aliphatic carbocycles. The maximum Gasteiger partial charge on any atom is 0.0992 e. The highest BCUT2D eigenvalue weighted by Gasteiger charge is 2.21. The molecule has 0 amide bonds. The highest BCUT2D eigenvalue weighted by Crippen LogP contribution is 2.41. The first-order valence-electron chi connectivity index (χ1n) is 18.7. The van der Waals surface area contributed by atoms with E-state index in [-0.39, 0.29) is 0 Å². The van der Waals surface area contributed by atoms with Crippen LogP contribution in [0.3, 0.4) is 0 Å². The average molecular weight is 725 g/mol. The molecule has 0 radical (unpaired) electrons. The van der Waals surface area contributed by atoms with Crippen molar-refractivity contribution in [2.75, 3.05) is 0 Å². The second-order valence-corrected chi connectivity index (χ2v) is 14.4. The van der Waals surface area contributed by atoms with Crippen LogP contribution in [0.4, 0.5) is 0 Å². The first-order chi connectivity index (χ1) is 28.1. The van der Waals surface area contributed by atoms with Crippen molar-refractivity contribution >= 4 is 65.4 Å². The van der Waals surface area contributed by atoms with Gasteiger partial charge in [0.1, 0.15) is 0 Å². The maximum atomic E-state index is 10.5. The van der Waals surface area contributed by atoms with Gasteiger partial charge in [-0.25, -0.2) is 0 Å². The lowest BCUT2D eigenvalue weighted by Gasteiger charge is -2.14. The van der Waals surface area contributed by atoms with Crippen LogP contribution in [0.1, 0.15) is 16.7 Å². The van der Waals surface area contributed by atoms with Crippen LogP contribution in [-0.2, 0) is 0 Å². The van der Waals surface area contributed by atoms with Gasteiger partial charge >= 0.3 is 0 Å². The summed E-state index contributed by atoms with van der Waals surface area (Å²) in [5.41, 5.74) is 12.2. The molecular formula is C51H28N6. The van der Waals surface area contributed by atoms with E-state index in [0.29, 0.717) is 16.7 Å². The lowest BCUT2D eigenvalue weighted by molar-refractivity contribution is 1.16. The summed E-state index contributed by atoms with van der Waals surface area (Å²) >= 11 is 0. The van der Waals surface area contributed by atoms with E-state index < -0.39 is 0 Å². The molecule has 0 N–H and O–H groups in total. The molecule has 0 unspecified atom stereocenters. The van der Waals surface area contributed by atoms with Crippen molar-refractivity contribution in [3.05, 3.63) is 187 Å². The largest absolute Gasteiger partial charge is 0.309 e. The Labute approximate surface area is 326 Å². The normalized spacial score (nSPS) is 11.5. The Bertz CT molecular complexity index is 3580. The molecule has 0 aliphatic heterocycles. The first kappa shape index (κ1) is 32.1. The maximum absolute atomic E-state index is 10.5. The van der Waals surface area contributed by atoms with Crippen LogP contribution in [0.25, 0.3) is 93.6 Å². The minimum Gasteiger partial charge on any atom is -0.309 e. The summed E-state index contributed by atoms with van der Waals surface area (Å²) in [7, 11) is 0. The number of nitrogens with zero attached hydrogens (tertiary/aromatic N) is 6. The number of benzene rings is 8. The highest BCUT2D eigenvalue weighted by atomic mass is 15.0.